The van der Waals surface area contributed by atoms with Gasteiger partial charge in [-0.25, -0.2) is 0 Å². The molecule has 0 heterocycles. The molecule has 0 atom stereocenters. The van der Waals surface area contributed by atoms with Crippen molar-refractivity contribution in [1.29, 1.82) is 5.41 Å². The average molecular weight is 208 g/mol. The van der Waals surface area contributed by atoms with Gasteiger partial charge in [0, 0.05) is 18.2 Å². The van der Waals surface area contributed by atoms with E-state index in [9.17, 15) is 4.79 Å². The highest BCUT2D eigenvalue weighted by Gasteiger charge is 1.99. The monoisotopic (exact) mass is 208 g/mol. The Morgan fingerprint density at radius 3 is 2.36 bits per heavy atom. The van der Waals surface area contributed by atoms with Crippen LogP contribution in [-0.4, -0.2) is 17.2 Å². The smallest absolute Gasteiger partial charge is 0.221 e. The molecule has 0 saturated carbocycles. The molecule has 74 valence electrons. The van der Waals surface area contributed by atoms with E-state index in [1.165, 1.54) is 18.7 Å². The van der Waals surface area contributed by atoms with Crippen molar-refractivity contribution in [3.63, 3.8) is 0 Å². The topological polar surface area (TPSA) is 53.0 Å². The van der Waals surface area contributed by atoms with E-state index >= 15 is 0 Å². The van der Waals surface area contributed by atoms with Gasteiger partial charge in [-0.05, 0) is 18.4 Å². The highest BCUT2D eigenvalue weighted by molar-refractivity contribution is 8.13. The summed E-state index contributed by atoms with van der Waals surface area (Å²) in [5.41, 5.74) is 1.63. The quantitative estimate of drug-likeness (QED) is 0.579. The third-order valence-corrected chi connectivity index (χ3v) is 2.32. The van der Waals surface area contributed by atoms with Crippen LogP contribution in [0.2, 0.25) is 0 Å². The lowest BCUT2D eigenvalue weighted by molar-refractivity contribution is -0.114. The first-order chi connectivity index (χ1) is 6.63. The van der Waals surface area contributed by atoms with Gasteiger partial charge >= 0.3 is 0 Å². The van der Waals surface area contributed by atoms with Gasteiger partial charge in [-0.3, -0.25) is 10.2 Å². The maximum absolute atomic E-state index is 10.7. The molecule has 1 aromatic carbocycles. The fraction of sp³-hybridized carbons (Fsp3) is 0.200. The van der Waals surface area contributed by atoms with Crippen molar-refractivity contribution in [3.8, 4) is 0 Å². The summed E-state index contributed by atoms with van der Waals surface area (Å²) in [4.78, 5) is 10.7. The summed E-state index contributed by atoms with van der Waals surface area (Å²) >= 11 is 1.39. The van der Waals surface area contributed by atoms with Crippen LogP contribution in [0.25, 0.3) is 0 Å². The molecule has 1 aromatic rings. The van der Waals surface area contributed by atoms with E-state index in [1.807, 2.05) is 18.4 Å². The molecule has 0 aromatic heterocycles. The molecular formula is C10H12N2OS. The normalized spacial score (nSPS) is 9.57. The van der Waals surface area contributed by atoms with Crippen molar-refractivity contribution < 1.29 is 4.79 Å². The maximum Gasteiger partial charge on any atom is 0.221 e. The van der Waals surface area contributed by atoms with Gasteiger partial charge in [0.2, 0.25) is 5.91 Å². The number of carbonyl (C=O) groups is 1. The molecule has 0 aliphatic heterocycles. The Kier molecular flexibility index (Phi) is 3.71. The Bertz CT molecular complexity index is 346. The molecule has 1 amide bonds. The first-order valence-electron chi connectivity index (χ1n) is 4.14. The Balaban J connectivity index is 2.78. The maximum atomic E-state index is 10.7. The van der Waals surface area contributed by atoms with Gasteiger partial charge in [-0.1, -0.05) is 12.1 Å². The van der Waals surface area contributed by atoms with Gasteiger partial charge in [-0.2, -0.15) is 0 Å². The summed E-state index contributed by atoms with van der Waals surface area (Å²) in [5, 5.41) is 10.8. The Labute approximate surface area is 87.4 Å². The predicted octanol–water partition coefficient (Wildman–Crippen LogP) is 2.33. The number of nitrogens with one attached hydrogen (secondary N) is 2. The molecule has 0 aliphatic carbocycles. The van der Waals surface area contributed by atoms with Crippen LogP contribution in [0.5, 0.6) is 0 Å². The SMILES string of the molecule is CSC(=N)c1ccc(NC(C)=O)cc1. The van der Waals surface area contributed by atoms with Gasteiger partial charge in [0.1, 0.15) is 0 Å². The summed E-state index contributed by atoms with van der Waals surface area (Å²) in [7, 11) is 0. The fourth-order valence-electron chi connectivity index (χ4n) is 1.03. The van der Waals surface area contributed by atoms with Crippen LogP contribution in [0.4, 0.5) is 5.69 Å². The van der Waals surface area contributed by atoms with E-state index in [4.69, 9.17) is 5.41 Å². The van der Waals surface area contributed by atoms with Crippen LogP contribution in [0.1, 0.15) is 12.5 Å². The van der Waals surface area contributed by atoms with E-state index in [0.29, 0.717) is 5.04 Å². The molecule has 4 heteroatoms. The summed E-state index contributed by atoms with van der Waals surface area (Å²) in [6.07, 6.45) is 1.87. The van der Waals surface area contributed by atoms with Gasteiger partial charge in [0.25, 0.3) is 0 Å². The third kappa shape index (κ3) is 2.88. The fourth-order valence-corrected chi connectivity index (χ4v) is 1.40. The predicted molar refractivity (Wildman–Crippen MR) is 61.1 cm³/mol. The molecule has 0 aliphatic rings. The minimum Gasteiger partial charge on any atom is -0.326 e. The molecule has 14 heavy (non-hydrogen) atoms. The van der Waals surface area contributed by atoms with Crippen molar-refractivity contribution in [3.05, 3.63) is 29.8 Å². The second kappa shape index (κ2) is 4.81. The number of thioether (sulfide) groups is 1. The van der Waals surface area contributed by atoms with Crippen LogP contribution in [-0.2, 0) is 4.79 Å². The minimum absolute atomic E-state index is 0.0855. The zero-order valence-electron chi connectivity index (χ0n) is 8.13. The van der Waals surface area contributed by atoms with Gasteiger partial charge < -0.3 is 5.32 Å². The lowest BCUT2D eigenvalue weighted by atomic mass is 10.2. The van der Waals surface area contributed by atoms with Crippen LogP contribution in [0.3, 0.4) is 0 Å². The summed E-state index contributed by atoms with van der Waals surface area (Å²) in [6.45, 7) is 1.47. The van der Waals surface area contributed by atoms with Gasteiger partial charge in [-0.15, -0.1) is 11.8 Å². The van der Waals surface area contributed by atoms with Gasteiger partial charge in [0.15, 0.2) is 0 Å². The Morgan fingerprint density at radius 2 is 1.93 bits per heavy atom. The lowest BCUT2D eigenvalue weighted by Crippen LogP contribution is -2.05. The van der Waals surface area contributed by atoms with E-state index in [1.54, 1.807) is 12.1 Å². The van der Waals surface area contributed by atoms with Crippen molar-refractivity contribution in [1.82, 2.24) is 0 Å². The molecule has 0 bridgehead atoms. The Morgan fingerprint density at radius 1 is 1.36 bits per heavy atom. The average Bonchev–Trinajstić information content (AvgIpc) is 2.17. The number of amides is 1. The van der Waals surface area contributed by atoms with Crippen LogP contribution in [0.15, 0.2) is 24.3 Å². The van der Waals surface area contributed by atoms with Crippen molar-refractivity contribution in [2.24, 2.45) is 0 Å². The first kappa shape index (κ1) is 10.8. The summed E-state index contributed by atoms with van der Waals surface area (Å²) in [5.74, 6) is -0.0855. The van der Waals surface area contributed by atoms with Crippen molar-refractivity contribution in [2.45, 2.75) is 6.92 Å². The number of benzene rings is 1. The number of anilines is 1. The second-order valence-electron chi connectivity index (χ2n) is 2.79. The number of hydrogen-bond donors (Lipinski definition) is 2. The number of hydrogen-bond acceptors (Lipinski definition) is 3. The van der Waals surface area contributed by atoms with Crippen LogP contribution in [0, 0.1) is 5.41 Å². The molecule has 0 fully saturated rings. The molecule has 0 unspecified atom stereocenters. The summed E-state index contributed by atoms with van der Waals surface area (Å²) < 4.78 is 0. The van der Waals surface area contributed by atoms with Crippen molar-refractivity contribution in [2.75, 3.05) is 11.6 Å². The highest BCUT2D eigenvalue weighted by Crippen LogP contribution is 2.13. The number of rotatable bonds is 2. The molecule has 0 radical (unpaired) electrons. The van der Waals surface area contributed by atoms with Crippen molar-refractivity contribution >= 4 is 28.4 Å². The molecule has 0 saturated heterocycles. The number of carbonyl (C=O) groups excluding carboxylic acids is 1. The zero-order chi connectivity index (χ0) is 10.6. The molecule has 2 N–H and O–H groups in total. The third-order valence-electron chi connectivity index (χ3n) is 1.67. The largest absolute Gasteiger partial charge is 0.326 e. The summed E-state index contributed by atoms with van der Waals surface area (Å²) in [6, 6.07) is 7.23. The highest BCUT2D eigenvalue weighted by atomic mass is 32.2. The standard InChI is InChI=1S/C10H12N2OS/c1-7(13)12-9-5-3-8(4-6-9)10(11)14-2/h3-6,11H,1-2H3,(H,12,13). The first-order valence-corrected chi connectivity index (χ1v) is 5.36. The molecule has 0 spiro atoms. The van der Waals surface area contributed by atoms with Crippen LogP contribution >= 0.6 is 11.8 Å². The van der Waals surface area contributed by atoms with E-state index in [2.05, 4.69) is 5.32 Å². The second-order valence-corrected chi connectivity index (χ2v) is 3.61. The Hall–Kier alpha value is -1.29. The van der Waals surface area contributed by atoms with E-state index in [-0.39, 0.29) is 5.91 Å². The lowest BCUT2D eigenvalue weighted by Gasteiger charge is -2.03. The molecule has 1 rings (SSSR count). The van der Waals surface area contributed by atoms with E-state index < -0.39 is 0 Å². The molecular weight excluding hydrogens is 196 g/mol. The zero-order valence-corrected chi connectivity index (χ0v) is 8.94. The van der Waals surface area contributed by atoms with Crippen LogP contribution < -0.4 is 5.32 Å². The van der Waals surface area contributed by atoms with Gasteiger partial charge in [0.05, 0.1) is 5.04 Å². The molecule has 3 nitrogen and oxygen atoms in total. The van der Waals surface area contributed by atoms with E-state index in [0.717, 1.165) is 11.3 Å². The minimum atomic E-state index is -0.0855.